The number of ether oxygens (including phenoxy) is 3. The first kappa shape index (κ1) is 18.3. The lowest BCUT2D eigenvalue weighted by Crippen LogP contribution is -2.75. The van der Waals surface area contributed by atoms with Crippen LogP contribution in [0.5, 0.6) is 0 Å². The lowest BCUT2D eigenvalue weighted by Gasteiger charge is -2.55. The Labute approximate surface area is 146 Å². The standard InChI is InChI=1S/C18H24O7/c1-12(20)23-11-16(10-19)17(21,9-13-7-5-4-6-8-13)14-18(22,25-16)15(2,3)24-14/h4-8,14,19,21-22H,9-11H2,1-3H3/t14-,16-,17+,18?/m1/s1. The van der Waals surface area contributed by atoms with Crippen LogP contribution in [-0.2, 0) is 25.4 Å². The van der Waals surface area contributed by atoms with Crippen molar-refractivity contribution < 1.29 is 34.3 Å². The van der Waals surface area contributed by atoms with Crippen molar-refractivity contribution >= 4 is 5.97 Å². The third kappa shape index (κ3) is 2.50. The van der Waals surface area contributed by atoms with Gasteiger partial charge in [-0.15, -0.1) is 0 Å². The maximum atomic E-state index is 11.5. The minimum atomic E-state index is -1.81. The molecule has 3 rings (SSSR count). The normalized spacial score (nSPS) is 38.7. The fourth-order valence-electron chi connectivity index (χ4n) is 3.69. The zero-order valence-corrected chi connectivity index (χ0v) is 14.6. The van der Waals surface area contributed by atoms with Crippen LogP contribution in [0.4, 0.5) is 0 Å². The highest BCUT2D eigenvalue weighted by Gasteiger charge is 2.82. The Morgan fingerprint density at radius 1 is 1.24 bits per heavy atom. The van der Waals surface area contributed by atoms with Crippen molar-refractivity contribution in [3.05, 3.63) is 35.9 Å². The van der Waals surface area contributed by atoms with E-state index in [0.717, 1.165) is 5.56 Å². The molecule has 1 aromatic rings. The second-order valence-corrected chi connectivity index (χ2v) is 7.33. The molecule has 2 aliphatic heterocycles. The van der Waals surface area contributed by atoms with Gasteiger partial charge in [-0.2, -0.15) is 0 Å². The summed E-state index contributed by atoms with van der Waals surface area (Å²) in [6.07, 6.45) is -1.03. The number of fused-ring (bicyclic) bond motifs is 1. The Morgan fingerprint density at radius 2 is 1.88 bits per heavy atom. The summed E-state index contributed by atoms with van der Waals surface area (Å²) in [6, 6.07) is 9.11. The van der Waals surface area contributed by atoms with E-state index in [1.807, 2.05) is 30.3 Å². The summed E-state index contributed by atoms with van der Waals surface area (Å²) < 4.78 is 16.6. The van der Waals surface area contributed by atoms with Gasteiger partial charge in [-0.05, 0) is 19.4 Å². The third-order valence-corrected chi connectivity index (χ3v) is 5.28. The number of rotatable bonds is 5. The summed E-state index contributed by atoms with van der Waals surface area (Å²) in [4.78, 5) is 11.3. The molecule has 0 spiro atoms. The van der Waals surface area contributed by atoms with Crippen LogP contribution in [0.2, 0.25) is 0 Å². The van der Waals surface area contributed by atoms with Gasteiger partial charge in [0.25, 0.3) is 0 Å². The van der Waals surface area contributed by atoms with Crippen molar-refractivity contribution in [2.24, 2.45) is 0 Å². The van der Waals surface area contributed by atoms with Crippen LogP contribution in [-0.4, -0.2) is 63.2 Å². The third-order valence-electron chi connectivity index (χ3n) is 5.28. The average molecular weight is 352 g/mol. The Balaban J connectivity index is 2.02. The molecule has 25 heavy (non-hydrogen) atoms. The highest BCUT2D eigenvalue weighted by molar-refractivity contribution is 5.66. The summed E-state index contributed by atoms with van der Waals surface area (Å²) in [5.41, 5.74) is -3.80. The van der Waals surface area contributed by atoms with Crippen molar-refractivity contribution in [1.29, 1.82) is 0 Å². The summed E-state index contributed by atoms with van der Waals surface area (Å²) in [5.74, 6) is -2.38. The van der Waals surface area contributed by atoms with E-state index >= 15 is 0 Å². The van der Waals surface area contributed by atoms with Crippen molar-refractivity contribution in [2.75, 3.05) is 13.2 Å². The maximum absolute atomic E-state index is 11.5. The molecule has 138 valence electrons. The van der Waals surface area contributed by atoms with E-state index in [-0.39, 0.29) is 6.42 Å². The summed E-state index contributed by atoms with van der Waals surface area (Å²) in [6.45, 7) is 3.43. The van der Waals surface area contributed by atoms with Crippen molar-refractivity contribution in [3.8, 4) is 0 Å². The van der Waals surface area contributed by atoms with Gasteiger partial charge in [0.05, 0.1) is 6.61 Å². The second-order valence-electron chi connectivity index (χ2n) is 7.33. The Bertz CT molecular complexity index is 661. The van der Waals surface area contributed by atoms with Gasteiger partial charge in [-0.25, -0.2) is 0 Å². The van der Waals surface area contributed by atoms with Crippen LogP contribution in [0.15, 0.2) is 30.3 Å². The molecule has 0 saturated carbocycles. The summed E-state index contributed by atoms with van der Waals surface area (Å²) in [5, 5.41) is 32.5. The van der Waals surface area contributed by atoms with Crippen LogP contribution in [0.3, 0.4) is 0 Å². The van der Waals surface area contributed by atoms with Gasteiger partial charge in [0, 0.05) is 13.3 Å². The number of carbonyl (C=O) groups excluding carboxylic acids is 1. The highest BCUT2D eigenvalue weighted by atomic mass is 16.8. The fourth-order valence-corrected chi connectivity index (χ4v) is 3.69. The molecular weight excluding hydrogens is 328 g/mol. The topological polar surface area (TPSA) is 105 Å². The van der Waals surface area contributed by atoms with E-state index in [1.165, 1.54) is 6.92 Å². The number of benzene rings is 1. The maximum Gasteiger partial charge on any atom is 0.302 e. The van der Waals surface area contributed by atoms with Gasteiger partial charge in [0.15, 0.2) is 5.60 Å². The lowest BCUT2D eigenvalue weighted by atomic mass is 9.70. The largest absolute Gasteiger partial charge is 0.463 e. The molecule has 7 nitrogen and oxygen atoms in total. The highest BCUT2D eigenvalue weighted by Crippen LogP contribution is 2.59. The second kappa shape index (κ2) is 5.75. The zero-order chi connectivity index (χ0) is 18.5. The Kier molecular flexibility index (Phi) is 4.21. The first-order valence-corrected chi connectivity index (χ1v) is 8.21. The SMILES string of the molecule is CC(=O)OC[C@@]1(CO)OC2(O)[C@H](OC2(C)C)[C@@]1(O)Cc1ccccc1. The predicted molar refractivity (Wildman–Crippen MR) is 86.5 cm³/mol. The number of esters is 1. The van der Waals surface area contributed by atoms with Gasteiger partial charge >= 0.3 is 5.97 Å². The Hall–Kier alpha value is -1.51. The molecule has 4 atom stereocenters. The number of aliphatic hydroxyl groups is 3. The minimum Gasteiger partial charge on any atom is -0.463 e. The van der Waals surface area contributed by atoms with Crippen LogP contribution < -0.4 is 0 Å². The summed E-state index contributed by atoms with van der Waals surface area (Å²) >= 11 is 0. The van der Waals surface area contributed by atoms with Crippen LogP contribution in [0, 0.1) is 0 Å². The molecule has 1 aromatic carbocycles. The number of carbonyl (C=O) groups is 1. The number of aliphatic hydroxyl groups excluding tert-OH is 1. The van der Waals surface area contributed by atoms with Gasteiger partial charge in [-0.1, -0.05) is 30.3 Å². The average Bonchev–Trinajstić information content (AvgIpc) is 2.71. The molecule has 1 unspecified atom stereocenters. The monoisotopic (exact) mass is 352 g/mol. The first-order valence-electron chi connectivity index (χ1n) is 8.21. The van der Waals surface area contributed by atoms with Crippen molar-refractivity contribution in [1.82, 2.24) is 0 Å². The predicted octanol–water partition coefficient (Wildman–Crippen LogP) is 0.151. The molecule has 0 aromatic heterocycles. The molecule has 2 fully saturated rings. The number of hydrogen-bond acceptors (Lipinski definition) is 7. The van der Waals surface area contributed by atoms with Crippen LogP contribution in [0.25, 0.3) is 0 Å². The van der Waals surface area contributed by atoms with E-state index in [9.17, 15) is 20.1 Å². The fraction of sp³-hybridized carbons (Fsp3) is 0.611. The molecule has 0 bridgehead atoms. The van der Waals surface area contributed by atoms with Crippen molar-refractivity contribution in [2.45, 2.75) is 55.9 Å². The van der Waals surface area contributed by atoms with Gasteiger partial charge in [0.2, 0.25) is 5.79 Å². The van der Waals surface area contributed by atoms with Gasteiger partial charge in [0.1, 0.15) is 23.9 Å². The van der Waals surface area contributed by atoms with E-state index < -0.39 is 47.9 Å². The van der Waals surface area contributed by atoms with E-state index in [0.29, 0.717) is 0 Å². The Morgan fingerprint density at radius 3 is 2.40 bits per heavy atom. The lowest BCUT2D eigenvalue weighted by molar-refractivity contribution is -0.423. The molecular formula is C18H24O7. The number of hydrogen-bond donors (Lipinski definition) is 3. The molecule has 2 heterocycles. The van der Waals surface area contributed by atoms with Gasteiger partial charge < -0.3 is 29.5 Å². The van der Waals surface area contributed by atoms with E-state index in [2.05, 4.69) is 0 Å². The molecule has 7 heteroatoms. The molecule has 0 aliphatic carbocycles. The van der Waals surface area contributed by atoms with Gasteiger partial charge in [-0.3, -0.25) is 4.79 Å². The van der Waals surface area contributed by atoms with Crippen LogP contribution in [0.1, 0.15) is 26.3 Å². The smallest absolute Gasteiger partial charge is 0.302 e. The molecule has 2 aliphatic rings. The quantitative estimate of drug-likeness (QED) is 0.648. The minimum absolute atomic E-state index is 0.0543. The van der Waals surface area contributed by atoms with E-state index in [4.69, 9.17) is 14.2 Å². The van der Waals surface area contributed by atoms with Crippen molar-refractivity contribution in [3.63, 3.8) is 0 Å². The van der Waals surface area contributed by atoms with E-state index in [1.54, 1.807) is 13.8 Å². The first-order chi connectivity index (χ1) is 11.6. The zero-order valence-electron chi connectivity index (χ0n) is 14.6. The molecule has 0 radical (unpaired) electrons. The summed E-state index contributed by atoms with van der Waals surface area (Å²) in [7, 11) is 0. The molecule has 3 N–H and O–H groups in total. The van der Waals surface area contributed by atoms with Crippen LogP contribution >= 0.6 is 0 Å². The molecule has 0 amide bonds. The molecule has 2 saturated heterocycles.